The lowest BCUT2D eigenvalue weighted by molar-refractivity contribution is -0.154. The van der Waals surface area contributed by atoms with Crippen molar-refractivity contribution < 1.29 is 14.7 Å². The number of carboxylic acid groups (broad SMARTS) is 1. The van der Waals surface area contributed by atoms with Crippen LogP contribution in [0.25, 0.3) is 0 Å². The zero-order valence-electron chi connectivity index (χ0n) is 16.0. The number of hydrogen-bond acceptors (Lipinski definition) is 3. The lowest BCUT2D eigenvalue weighted by Crippen LogP contribution is -2.52. The third-order valence-electron chi connectivity index (χ3n) is 6.00. The second-order valence-corrected chi connectivity index (χ2v) is 7.83. The molecule has 1 amide bonds. The van der Waals surface area contributed by atoms with Gasteiger partial charge in [0.15, 0.2) is 0 Å². The molecule has 0 aromatic heterocycles. The third-order valence-corrected chi connectivity index (χ3v) is 6.00. The average molecular weight is 378 g/mol. The number of aliphatic carboxylic acids is 1. The van der Waals surface area contributed by atoms with E-state index < -0.39 is 12.0 Å². The largest absolute Gasteiger partial charge is 0.480 e. The maximum atomic E-state index is 13.2. The molecule has 2 aromatic carbocycles. The van der Waals surface area contributed by atoms with Crippen LogP contribution in [0.4, 0.5) is 0 Å². The van der Waals surface area contributed by atoms with E-state index in [2.05, 4.69) is 17.0 Å². The molecule has 28 heavy (non-hydrogen) atoms. The fraction of sp³-hybridized carbons (Fsp3) is 0.391. The number of hydrogen-bond donors (Lipinski definition) is 1. The summed E-state index contributed by atoms with van der Waals surface area (Å²) in [5.41, 5.74) is 3.39. The van der Waals surface area contributed by atoms with Gasteiger partial charge in [-0.2, -0.15) is 0 Å². The lowest BCUT2D eigenvalue weighted by Gasteiger charge is -2.39. The number of fused-ring (bicyclic) bond motifs is 1. The number of piperidine rings is 1. The Labute approximate surface area is 165 Å². The summed E-state index contributed by atoms with van der Waals surface area (Å²) in [5, 5.41) is 9.69. The fourth-order valence-electron chi connectivity index (χ4n) is 4.39. The van der Waals surface area contributed by atoms with Gasteiger partial charge in [-0.1, -0.05) is 54.6 Å². The number of carbonyl (C=O) groups is 2. The van der Waals surface area contributed by atoms with Crippen LogP contribution in [0.1, 0.15) is 29.5 Å². The van der Waals surface area contributed by atoms with E-state index in [1.165, 1.54) is 5.56 Å². The molecular weight excluding hydrogens is 352 g/mol. The summed E-state index contributed by atoms with van der Waals surface area (Å²) in [6.45, 7) is 3.04. The van der Waals surface area contributed by atoms with Crippen LogP contribution < -0.4 is 0 Å². The Bertz CT molecular complexity index is 844. The summed E-state index contributed by atoms with van der Waals surface area (Å²) in [6.07, 6.45) is 1.97. The van der Waals surface area contributed by atoms with E-state index in [1.807, 2.05) is 42.5 Å². The Kier molecular flexibility index (Phi) is 5.44. The Morgan fingerprint density at radius 3 is 2.25 bits per heavy atom. The molecular formula is C23H26N2O3. The average Bonchev–Trinajstić information content (AvgIpc) is 2.73. The number of nitrogens with zero attached hydrogens (tertiary/aromatic N) is 2. The second-order valence-electron chi connectivity index (χ2n) is 7.83. The van der Waals surface area contributed by atoms with E-state index in [-0.39, 0.29) is 11.8 Å². The van der Waals surface area contributed by atoms with Gasteiger partial charge in [-0.05, 0) is 42.6 Å². The van der Waals surface area contributed by atoms with Gasteiger partial charge >= 0.3 is 5.97 Å². The summed E-state index contributed by atoms with van der Waals surface area (Å²) in [6, 6.07) is 17.4. The van der Waals surface area contributed by atoms with Crippen LogP contribution in [0.3, 0.4) is 0 Å². The van der Waals surface area contributed by atoms with E-state index >= 15 is 0 Å². The highest BCUT2D eigenvalue weighted by molar-refractivity contribution is 5.86. The molecule has 0 aliphatic carbocycles. The van der Waals surface area contributed by atoms with Crippen molar-refractivity contribution in [3.8, 4) is 0 Å². The van der Waals surface area contributed by atoms with Gasteiger partial charge in [-0.25, -0.2) is 4.79 Å². The summed E-state index contributed by atoms with van der Waals surface area (Å²) in [5.74, 6) is -0.996. The highest BCUT2D eigenvalue weighted by atomic mass is 16.4. The maximum absolute atomic E-state index is 13.2. The van der Waals surface area contributed by atoms with Gasteiger partial charge < -0.3 is 10.0 Å². The van der Waals surface area contributed by atoms with Gasteiger partial charge in [0.25, 0.3) is 0 Å². The highest BCUT2D eigenvalue weighted by Gasteiger charge is 2.38. The number of likely N-dealkylation sites (tertiary alicyclic amines) is 1. The minimum Gasteiger partial charge on any atom is -0.480 e. The first-order chi connectivity index (χ1) is 13.6. The summed E-state index contributed by atoms with van der Waals surface area (Å²) in [7, 11) is 0. The zero-order chi connectivity index (χ0) is 19.5. The van der Waals surface area contributed by atoms with Crippen LogP contribution >= 0.6 is 0 Å². The molecule has 146 valence electrons. The van der Waals surface area contributed by atoms with Gasteiger partial charge in [-0.3, -0.25) is 9.69 Å². The fourth-order valence-corrected chi connectivity index (χ4v) is 4.39. The maximum Gasteiger partial charge on any atom is 0.326 e. The van der Waals surface area contributed by atoms with E-state index in [0.717, 1.165) is 43.6 Å². The molecule has 2 aromatic rings. The standard InChI is InChI=1S/C23H26N2O3/c26-22(18-10-12-24(13-11-18)15-17-6-2-1-3-7-17)25-16-20-9-5-4-8-19(20)14-21(25)23(27)28/h1-9,18,21H,10-16H2,(H,27,28). The third kappa shape index (κ3) is 3.94. The smallest absolute Gasteiger partial charge is 0.326 e. The molecule has 1 fully saturated rings. The number of benzene rings is 2. The van der Waals surface area contributed by atoms with Crippen molar-refractivity contribution in [3.05, 3.63) is 71.3 Å². The first kappa shape index (κ1) is 18.7. The molecule has 1 unspecified atom stereocenters. The van der Waals surface area contributed by atoms with Gasteiger partial charge in [0, 0.05) is 25.4 Å². The van der Waals surface area contributed by atoms with Gasteiger partial charge in [0.2, 0.25) is 5.91 Å². The molecule has 0 radical (unpaired) electrons. The van der Waals surface area contributed by atoms with E-state index in [1.54, 1.807) is 4.90 Å². The van der Waals surface area contributed by atoms with Crippen molar-refractivity contribution in [2.24, 2.45) is 5.92 Å². The first-order valence-electron chi connectivity index (χ1n) is 9.98. The van der Waals surface area contributed by atoms with E-state index in [0.29, 0.717) is 13.0 Å². The Hall–Kier alpha value is -2.66. The Morgan fingerprint density at radius 1 is 0.929 bits per heavy atom. The number of amides is 1. The minimum atomic E-state index is -0.913. The number of carbonyl (C=O) groups excluding carboxylic acids is 1. The molecule has 2 aliphatic rings. The van der Waals surface area contributed by atoms with Gasteiger partial charge in [-0.15, -0.1) is 0 Å². The van der Waals surface area contributed by atoms with Crippen LogP contribution in [0.5, 0.6) is 0 Å². The molecule has 0 spiro atoms. The first-order valence-corrected chi connectivity index (χ1v) is 9.98. The second kappa shape index (κ2) is 8.15. The monoisotopic (exact) mass is 378 g/mol. The van der Waals surface area contributed by atoms with Crippen molar-refractivity contribution in [1.29, 1.82) is 0 Å². The molecule has 0 saturated carbocycles. The van der Waals surface area contributed by atoms with Crippen molar-refractivity contribution in [1.82, 2.24) is 9.80 Å². The van der Waals surface area contributed by atoms with Crippen LogP contribution in [-0.4, -0.2) is 45.9 Å². The van der Waals surface area contributed by atoms with Crippen LogP contribution in [0, 0.1) is 5.92 Å². The SMILES string of the molecule is O=C(O)C1Cc2ccccc2CN1C(=O)C1CCN(Cc2ccccc2)CC1. The highest BCUT2D eigenvalue weighted by Crippen LogP contribution is 2.28. The van der Waals surface area contributed by atoms with E-state index in [4.69, 9.17) is 0 Å². The van der Waals surface area contributed by atoms with Crippen molar-refractivity contribution in [3.63, 3.8) is 0 Å². The number of carboxylic acids is 1. The Morgan fingerprint density at radius 2 is 1.57 bits per heavy atom. The predicted molar refractivity (Wildman–Crippen MR) is 107 cm³/mol. The molecule has 5 heteroatoms. The van der Waals surface area contributed by atoms with Crippen molar-refractivity contribution >= 4 is 11.9 Å². The number of rotatable bonds is 4. The predicted octanol–water partition coefficient (Wildman–Crippen LogP) is 2.94. The summed E-state index contributed by atoms with van der Waals surface area (Å²) >= 11 is 0. The lowest BCUT2D eigenvalue weighted by atomic mass is 9.90. The molecule has 0 bridgehead atoms. The molecule has 4 rings (SSSR count). The van der Waals surface area contributed by atoms with Crippen molar-refractivity contribution in [2.75, 3.05) is 13.1 Å². The quantitative estimate of drug-likeness (QED) is 0.889. The summed E-state index contributed by atoms with van der Waals surface area (Å²) < 4.78 is 0. The molecule has 2 aliphatic heterocycles. The van der Waals surface area contributed by atoms with Crippen LogP contribution in [0.15, 0.2) is 54.6 Å². The normalized spacial score (nSPS) is 20.6. The topological polar surface area (TPSA) is 60.9 Å². The van der Waals surface area contributed by atoms with Crippen LogP contribution in [0.2, 0.25) is 0 Å². The molecule has 1 atom stereocenters. The summed E-state index contributed by atoms with van der Waals surface area (Å²) in [4.78, 5) is 29.0. The molecule has 1 saturated heterocycles. The molecule has 1 N–H and O–H groups in total. The van der Waals surface area contributed by atoms with Crippen molar-refractivity contribution in [2.45, 2.75) is 38.4 Å². The Balaban J connectivity index is 1.41. The van der Waals surface area contributed by atoms with Gasteiger partial charge in [0.1, 0.15) is 6.04 Å². The zero-order valence-corrected chi connectivity index (χ0v) is 16.0. The molecule has 2 heterocycles. The van der Waals surface area contributed by atoms with Gasteiger partial charge in [0.05, 0.1) is 0 Å². The molecule has 5 nitrogen and oxygen atoms in total. The van der Waals surface area contributed by atoms with Crippen LogP contribution in [-0.2, 0) is 29.1 Å². The van der Waals surface area contributed by atoms with E-state index in [9.17, 15) is 14.7 Å². The minimum absolute atomic E-state index is 0.00117.